The van der Waals surface area contributed by atoms with Crippen molar-refractivity contribution in [1.29, 1.82) is 0 Å². The molecule has 0 radical (unpaired) electrons. The van der Waals surface area contributed by atoms with E-state index in [1.807, 2.05) is 11.8 Å². The molecule has 1 saturated heterocycles. The Bertz CT molecular complexity index is 339. The predicted molar refractivity (Wildman–Crippen MR) is 51.5 cm³/mol. The number of hydrogen-bond donors (Lipinski definition) is 1. The van der Waals surface area contributed by atoms with Crippen molar-refractivity contribution in [3.05, 3.63) is 17.9 Å². The van der Waals surface area contributed by atoms with E-state index in [1.54, 1.807) is 12.1 Å². The molecular formula is C10H13NO3. The van der Waals surface area contributed by atoms with E-state index in [9.17, 15) is 9.90 Å². The Balaban J connectivity index is 2.02. The molecule has 1 aromatic rings. The summed E-state index contributed by atoms with van der Waals surface area (Å²) in [6, 6.07) is 3.38. The quantitative estimate of drug-likeness (QED) is 0.732. The average molecular weight is 195 g/mol. The smallest absolute Gasteiger partial charge is 0.196 e. The number of β-amino-alcohol motifs (C(OH)–C–C–N with tert-alkyl or cyclic N) is 1. The lowest BCUT2D eigenvalue weighted by molar-refractivity contribution is 0.00618. The molecule has 4 nitrogen and oxygen atoms in total. The molecule has 1 fully saturated rings. The first-order valence-corrected chi connectivity index (χ1v) is 4.69. The topological polar surface area (TPSA) is 53.7 Å². The number of rotatable bonds is 3. The van der Waals surface area contributed by atoms with Crippen molar-refractivity contribution in [2.45, 2.75) is 18.9 Å². The van der Waals surface area contributed by atoms with Gasteiger partial charge in [0, 0.05) is 6.07 Å². The maximum Gasteiger partial charge on any atom is 0.196 e. The minimum absolute atomic E-state index is 0.326. The normalized spacial score (nSPS) is 19.1. The van der Waals surface area contributed by atoms with E-state index in [0.29, 0.717) is 31.0 Å². The number of carbonyl (C=O) groups is 1. The summed E-state index contributed by atoms with van der Waals surface area (Å²) in [4.78, 5) is 12.3. The van der Waals surface area contributed by atoms with Gasteiger partial charge in [-0.15, -0.1) is 0 Å². The number of anilines is 1. The highest BCUT2D eigenvalue weighted by Crippen LogP contribution is 2.30. The van der Waals surface area contributed by atoms with Gasteiger partial charge in [-0.1, -0.05) is 6.92 Å². The van der Waals surface area contributed by atoms with Crippen LogP contribution in [0.2, 0.25) is 0 Å². The summed E-state index contributed by atoms with van der Waals surface area (Å²) < 4.78 is 5.22. The highest BCUT2D eigenvalue weighted by atomic mass is 16.4. The van der Waals surface area contributed by atoms with Crippen LogP contribution in [0.4, 0.5) is 5.88 Å². The van der Waals surface area contributed by atoms with E-state index < -0.39 is 5.60 Å². The van der Waals surface area contributed by atoms with Crippen LogP contribution >= 0.6 is 0 Å². The Morgan fingerprint density at radius 2 is 2.36 bits per heavy atom. The number of aliphatic hydroxyl groups is 1. The zero-order valence-corrected chi connectivity index (χ0v) is 8.06. The lowest BCUT2D eigenvalue weighted by atomic mass is 9.92. The van der Waals surface area contributed by atoms with E-state index in [2.05, 4.69) is 0 Å². The van der Waals surface area contributed by atoms with Crippen molar-refractivity contribution in [2.75, 3.05) is 18.0 Å². The Hall–Kier alpha value is -1.29. The molecule has 1 aliphatic rings. The van der Waals surface area contributed by atoms with Gasteiger partial charge in [-0.05, 0) is 12.5 Å². The van der Waals surface area contributed by atoms with Crippen LogP contribution < -0.4 is 4.90 Å². The summed E-state index contributed by atoms with van der Waals surface area (Å²) in [6.07, 6.45) is 1.42. The van der Waals surface area contributed by atoms with E-state index >= 15 is 0 Å². The maximum atomic E-state index is 10.4. The fourth-order valence-corrected chi connectivity index (χ4v) is 1.62. The molecule has 0 unspecified atom stereocenters. The van der Waals surface area contributed by atoms with Crippen LogP contribution in [-0.4, -0.2) is 30.1 Å². The molecule has 0 bridgehead atoms. The predicted octanol–water partition coefficient (Wildman–Crippen LogP) is 1.05. The second-order valence-electron chi connectivity index (χ2n) is 3.73. The Kier molecular flexibility index (Phi) is 2.07. The fourth-order valence-electron chi connectivity index (χ4n) is 1.62. The second-order valence-corrected chi connectivity index (χ2v) is 3.73. The van der Waals surface area contributed by atoms with Gasteiger partial charge in [-0.2, -0.15) is 0 Å². The molecule has 1 aromatic heterocycles. The van der Waals surface area contributed by atoms with Crippen LogP contribution in [0.3, 0.4) is 0 Å². The molecule has 14 heavy (non-hydrogen) atoms. The molecule has 76 valence electrons. The first-order valence-electron chi connectivity index (χ1n) is 4.69. The lowest BCUT2D eigenvalue weighted by Gasteiger charge is -2.45. The van der Waals surface area contributed by atoms with Crippen LogP contribution in [0, 0.1) is 0 Å². The molecule has 2 heterocycles. The molecule has 0 aliphatic carbocycles. The van der Waals surface area contributed by atoms with Crippen molar-refractivity contribution in [1.82, 2.24) is 0 Å². The Morgan fingerprint density at radius 1 is 1.64 bits per heavy atom. The van der Waals surface area contributed by atoms with Gasteiger partial charge < -0.3 is 14.4 Å². The van der Waals surface area contributed by atoms with E-state index in [1.165, 1.54) is 0 Å². The van der Waals surface area contributed by atoms with Gasteiger partial charge in [-0.25, -0.2) is 0 Å². The summed E-state index contributed by atoms with van der Waals surface area (Å²) in [5.74, 6) is 0.983. The zero-order chi connectivity index (χ0) is 10.2. The molecule has 0 aromatic carbocycles. The van der Waals surface area contributed by atoms with Crippen molar-refractivity contribution >= 4 is 12.2 Å². The summed E-state index contributed by atoms with van der Waals surface area (Å²) in [5.41, 5.74) is -0.575. The summed E-state index contributed by atoms with van der Waals surface area (Å²) in [7, 11) is 0. The van der Waals surface area contributed by atoms with Crippen molar-refractivity contribution < 1.29 is 14.3 Å². The van der Waals surface area contributed by atoms with E-state index in [-0.39, 0.29) is 0 Å². The third kappa shape index (κ3) is 1.42. The van der Waals surface area contributed by atoms with Crippen molar-refractivity contribution in [2.24, 2.45) is 0 Å². The van der Waals surface area contributed by atoms with Gasteiger partial charge in [-0.3, -0.25) is 4.79 Å². The third-order valence-corrected chi connectivity index (χ3v) is 2.67. The van der Waals surface area contributed by atoms with E-state index in [4.69, 9.17) is 4.42 Å². The first-order chi connectivity index (χ1) is 6.67. The van der Waals surface area contributed by atoms with Crippen LogP contribution in [0.25, 0.3) is 0 Å². The van der Waals surface area contributed by atoms with Crippen molar-refractivity contribution in [3.63, 3.8) is 0 Å². The van der Waals surface area contributed by atoms with Crippen LogP contribution in [0.1, 0.15) is 23.9 Å². The number of nitrogens with zero attached hydrogens (tertiary/aromatic N) is 1. The van der Waals surface area contributed by atoms with Crippen LogP contribution in [0.5, 0.6) is 0 Å². The van der Waals surface area contributed by atoms with E-state index in [0.717, 1.165) is 6.42 Å². The van der Waals surface area contributed by atoms with Gasteiger partial charge in [0.15, 0.2) is 17.9 Å². The zero-order valence-electron chi connectivity index (χ0n) is 8.06. The minimum Gasteiger partial charge on any atom is -0.438 e. The first kappa shape index (κ1) is 9.27. The molecule has 4 heteroatoms. The molecular weight excluding hydrogens is 182 g/mol. The SMILES string of the molecule is CCC1(O)CN(c2ccc(C=O)o2)C1. The van der Waals surface area contributed by atoms with Crippen LogP contribution in [0.15, 0.2) is 16.5 Å². The number of hydrogen-bond acceptors (Lipinski definition) is 4. The number of aldehydes is 1. The average Bonchev–Trinajstić information content (AvgIpc) is 2.61. The molecule has 0 amide bonds. The van der Waals surface area contributed by atoms with Crippen molar-refractivity contribution in [3.8, 4) is 0 Å². The van der Waals surface area contributed by atoms with Gasteiger partial charge in [0.25, 0.3) is 0 Å². The lowest BCUT2D eigenvalue weighted by Crippen LogP contribution is -2.61. The molecule has 0 atom stereocenters. The largest absolute Gasteiger partial charge is 0.438 e. The highest BCUT2D eigenvalue weighted by Gasteiger charge is 2.40. The maximum absolute atomic E-state index is 10.4. The molecule has 2 rings (SSSR count). The standard InChI is InChI=1S/C10H13NO3/c1-2-10(13)6-11(7-10)9-4-3-8(5-12)14-9/h3-5,13H,2,6-7H2,1H3. The monoisotopic (exact) mass is 195 g/mol. The molecule has 1 N–H and O–H groups in total. The summed E-state index contributed by atoms with van der Waals surface area (Å²) >= 11 is 0. The van der Waals surface area contributed by atoms with Gasteiger partial charge >= 0.3 is 0 Å². The van der Waals surface area contributed by atoms with Crippen LogP contribution in [-0.2, 0) is 0 Å². The second kappa shape index (κ2) is 3.13. The molecule has 1 aliphatic heterocycles. The molecule has 0 spiro atoms. The minimum atomic E-state index is -0.575. The fraction of sp³-hybridized carbons (Fsp3) is 0.500. The number of carbonyl (C=O) groups excluding carboxylic acids is 1. The van der Waals surface area contributed by atoms with Gasteiger partial charge in [0.2, 0.25) is 0 Å². The third-order valence-electron chi connectivity index (χ3n) is 2.67. The highest BCUT2D eigenvalue weighted by molar-refractivity contribution is 5.71. The molecule has 0 saturated carbocycles. The Labute approximate surface area is 82.1 Å². The summed E-state index contributed by atoms with van der Waals surface area (Å²) in [5, 5.41) is 9.76. The van der Waals surface area contributed by atoms with Gasteiger partial charge in [0.1, 0.15) is 0 Å². The number of furan rings is 1. The summed E-state index contributed by atoms with van der Waals surface area (Å²) in [6.45, 7) is 3.11. The van der Waals surface area contributed by atoms with Gasteiger partial charge in [0.05, 0.1) is 18.7 Å². The Morgan fingerprint density at radius 3 is 2.86 bits per heavy atom.